The molecule has 148 valence electrons. The molecule has 1 atom stereocenters. The number of hydrogen-bond acceptors (Lipinski definition) is 5. The SMILES string of the molecule is COc1cc(F)cc(-c2cccc3c(N)c4c(nc23)CN(C2CCC2)C4C=O)c1. The van der Waals surface area contributed by atoms with Gasteiger partial charge in [-0.25, -0.2) is 4.39 Å². The van der Waals surface area contributed by atoms with Crippen LogP contribution >= 0.6 is 0 Å². The van der Waals surface area contributed by atoms with Gasteiger partial charge in [0.2, 0.25) is 0 Å². The summed E-state index contributed by atoms with van der Waals surface area (Å²) in [5, 5.41) is 0.784. The molecule has 0 spiro atoms. The topological polar surface area (TPSA) is 68.5 Å². The molecule has 3 aromatic rings. The summed E-state index contributed by atoms with van der Waals surface area (Å²) in [6.45, 7) is 0.615. The third kappa shape index (κ3) is 2.78. The maximum atomic E-state index is 14.1. The lowest BCUT2D eigenvalue weighted by Crippen LogP contribution is -2.39. The van der Waals surface area contributed by atoms with Gasteiger partial charge < -0.3 is 15.3 Å². The van der Waals surface area contributed by atoms with E-state index in [2.05, 4.69) is 4.90 Å². The zero-order valence-corrected chi connectivity index (χ0v) is 16.2. The summed E-state index contributed by atoms with van der Waals surface area (Å²) < 4.78 is 19.3. The average Bonchev–Trinajstić information content (AvgIpc) is 3.04. The number of carbonyl (C=O) groups is 1. The molecule has 5 rings (SSSR count). The minimum atomic E-state index is -0.373. The Kier molecular flexibility index (Phi) is 4.24. The van der Waals surface area contributed by atoms with Crippen LogP contribution in [0.4, 0.5) is 10.1 Å². The van der Waals surface area contributed by atoms with E-state index in [4.69, 9.17) is 15.5 Å². The molecule has 1 unspecified atom stereocenters. The van der Waals surface area contributed by atoms with Gasteiger partial charge in [0.25, 0.3) is 0 Å². The summed E-state index contributed by atoms with van der Waals surface area (Å²) in [5.74, 6) is 0.0750. The number of ether oxygens (including phenoxy) is 1. The monoisotopic (exact) mass is 391 g/mol. The van der Waals surface area contributed by atoms with E-state index in [0.717, 1.165) is 46.9 Å². The Morgan fingerprint density at radius 2 is 2.10 bits per heavy atom. The highest BCUT2D eigenvalue weighted by Crippen LogP contribution is 2.44. The lowest BCUT2D eigenvalue weighted by Gasteiger charge is -2.36. The van der Waals surface area contributed by atoms with Crippen molar-refractivity contribution in [2.24, 2.45) is 0 Å². The average molecular weight is 391 g/mol. The van der Waals surface area contributed by atoms with Gasteiger partial charge in [-0.3, -0.25) is 9.88 Å². The van der Waals surface area contributed by atoms with Crippen LogP contribution in [-0.4, -0.2) is 29.3 Å². The Labute approximate surface area is 168 Å². The molecule has 5 nitrogen and oxygen atoms in total. The Morgan fingerprint density at radius 3 is 2.79 bits per heavy atom. The van der Waals surface area contributed by atoms with Crippen LogP contribution in [-0.2, 0) is 11.3 Å². The second kappa shape index (κ2) is 6.81. The standard InChI is InChI=1S/C23H22FN3O2/c1-29-16-9-13(8-14(24)10-16)17-6-3-7-18-22(25)21-19(26-23(17)18)11-27(20(21)12-28)15-4-2-5-15/h3,6-10,12,15,20H,2,4-5,11H2,1H3,(H2,25,26). The number of anilines is 1. The van der Waals surface area contributed by atoms with Crippen molar-refractivity contribution in [1.29, 1.82) is 0 Å². The van der Waals surface area contributed by atoms with Gasteiger partial charge in [-0.05, 0) is 30.5 Å². The maximum absolute atomic E-state index is 14.1. The van der Waals surface area contributed by atoms with Gasteiger partial charge >= 0.3 is 0 Å². The fraction of sp³-hybridized carbons (Fsp3) is 0.304. The first kappa shape index (κ1) is 18.1. The molecule has 1 aliphatic carbocycles. The van der Waals surface area contributed by atoms with E-state index in [1.54, 1.807) is 6.07 Å². The van der Waals surface area contributed by atoms with Gasteiger partial charge in [-0.15, -0.1) is 0 Å². The minimum Gasteiger partial charge on any atom is -0.497 e. The molecule has 1 aliphatic heterocycles. The molecule has 2 aromatic carbocycles. The Hall–Kier alpha value is -2.99. The van der Waals surface area contributed by atoms with E-state index < -0.39 is 0 Å². The summed E-state index contributed by atoms with van der Waals surface area (Å²) in [6.07, 6.45) is 4.38. The number of nitrogen functional groups attached to an aromatic ring is 1. The second-order valence-electron chi connectivity index (χ2n) is 7.81. The van der Waals surface area contributed by atoms with Crippen molar-refractivity contribution in [3.8, 4) is 16.9 Å². The number of nitrogens with zero attached hydrogens (tertiary/aromatic N) is 2. The van der Waals surface area contributed by atoms with Crippen molar-refractivity contribution >= 4 is 22.9 Å². The highest BCUT2D eigenvalue weighted by Gasteiger charge is 2.39. The summed E-state index contributed by atoms with van der Waals surface area (Å²) in [5.41, 5.74) is 11.0. The van der Waals surface area contributed by atoms with Crippen LogP contribution < -0.4 is 10.5 Å². The number of benzene rings is 2. The molecule has 2 heterocycles. The van der Waals surface area contributed by atoms with Crippen molar-refractivity contribution in [1.82, 2.24) is 9.88 Å². The molecule has 29 heavy (non-hydrogen) atoms. The zero-order chi connectivity index (χ0) is 20.1. The third-order valence-corrected chi connectivity index (χ3v) is 6.25. The number of fused-ring (bicyclic) bond motifs is 2. The maximum Gasteiger partial charge on any atom is 0.141 e. The Bertz CT molecular complexity index is 1130. The molecule has 0 radical (unpaired) electrons. The first-order chi connectivity index (χ1) is 14.1. The molecule has 0 bridgehead atoms. The van der Waals surface area contributed by atoms with E-state index in [-0.39, 0.29) is 11.9 Å². The van der Waals surface area contributed by atoms with Crippen LogP contribution in [0.3, 0.4) is 0 Å². The van der Waals surface area contributed by atoms with E-state index in [9.17, 15) is 9.18 Å². The summed E-state index contributed by atoms with van der Waals surface area (Å²) in [4.78, 5) is 19.1. The van der Waals surface area contributed by atoms with Crippen molar-refractivity contribution in [2.45, 2.75) is 37.9 Å². The quantitative estimate of drug-likeness (QED) is 0.674. The van der Waals surface area contributed by atoms with Crippen molar-refractivity contribution in [3.63, 3.8) is 0 Å². The summed E-state index contributed by atoms with van der Waals surface area (Å²) in [6, 6.07) is 10.4. The number of halogens is 1. The largest absolute Gasteiger partial charge is 0.497 e. The molecule has 2 N–H and O–H groups in total. The molecular weight excluding hydrogens is 369 g/mol. The lowest BCUT2D eigenvalue weighted by molar-refractivity contribution is -0.113. The Morgan fingerprint density at radius 1 is 1.28 bits per heavy atom. The van der Waals surface area contributed by atoms with Gasteiger partial charge in [-0.1, -0.05) is 24.6 Å². The Balaban J connectivity index is 1.70. The number of aldehydes is 1. The molecule has 6 heteroatoms. The molecular formula is C23H22FN3O2. The minimum absolute atomic E-state index is 0.342. The van der Waals surface area contributed by atoms with Gasteiger partial charge in [0, 0.05) is 40.9 Å². The number of nitrogens with two attached hydrogens (primary N) is 1. The van der Waals surface area contributed by atoms with E-state index in [1.807, 2.05) is 18.2 Å². The van der Waals surface area contributed by atoms with Crippen LogP contribution in [0.1, 0.15) is 36.6 Å². The lowest BCUT2D eigenvalue weighted by atomic mass is 9.90. The molecule has 0 amide bonds. The van der Waals surface area contributed by atoms with Crippen LogP contribution in [0.5, 0.6) is 5.75 Å². The van der Waals surface area contributed by atoms with Gasteiger partial charge in [-0.2, -0.15) is 0 Å². The number of methoxy groups -OCH3 is 1. The fourth-order valence-electron chi connectivity index (χ4n) is 4.55. The van der Waals surface area contributed by atoms with E-state index >= 15 is 0 Å². The second-order valence-corrected chi connectivity index (χ2v) is 7.81. The van der Waals surface area contributed by atoms with Gasteiger partial charge in [0.1, 0.15) is 17.9 Å². The van der Waals surface area contributed by atoms with Crippen molar-refractivity contribution < 1.29 is 13.9 Å². The first-order valence-electron chi connectivity index (χ1n) is 9.87. The number of aromatic nitrogens is 1. The molecule has 1 aromatic heterocycles. The number of pyridine rings is 1. The van der Waals surface area contributed by atoms with Crippen LogP contribution in [0, 0.1) is 5.82 Å². The van der Waals surface area contributed by atoms with Crippen molar-refractivity contribution in [2.75, 3.05) is 12.8 Å². The van der Waals surface area contributed by atoms with E-state index in [1.165, 1.54) is 25.7 Å². The highest BCUT2D eigenvalue weighted by molar-refractivity contribution is 6.02. The highest BCUT2D eigenvalue weighted by atomic mass is 19.1. The van der Waals surface area contributed by atoms with Gasteiger partial charge in [0.05, 0.1) is 24.4 Å². The summed E-state index contributed by atoms with van der Waals surface area (Å²) in [7, 11) is 1.51. The molecule has 2 aliphatic rings. The predicted molar refractivity (Wildman–Crippen MR) is 110 cm³/mol. The number of para-hydroxylation sites is 1. The third-order valence-electron chi connectivity index (χ3n) is 6.25. The van der Waals surface area contributed by atoms with Gasteiger partial charge in [0.15, 0.2) is 0 Å². The van der Waals surface area contributed by atoms with E-state index in [0.29, 0.717) is 29.6 Å². The number of carbonyl (C=O) groups excluding carboxylic acids is 1. The number of rotatable bonds is 4. The first-order valence-corrected chi connectivity index (χ1v) is 9.87. The van der Waals surface area contributed by atoms with Crippen LogP contribution in [0.15, 0.2) is 36.4 Å². The fourth-order valence-corrected chi connectivity index (χ4v) is 4.55. The van der Waals surface area contributed by atoms with Crippen LogP contribution in [0.25, 0.3) is 22.0 Å². The predicted octanol–water partition coefficient (Wildman–Crippen LogP) is 4.24. The smallest absolute Gasteiger partial charge is 0.141 e. The normalized spacial score (nSPS) is 19.2. The molecule has 0 saturated heterocycles. The summed E-state index contributed by atoms with van der Waals surface area (Å²) >= 11 is 0. The molecule has 1 saturated carbocycles. The van der Waals surface area contributed by atoms with Crippen molar-refractivity contribution in [3.05, 3.63) is 53.5 Å². The molecule has 1 fully saturated rings. The van der Waals surface area contributed by atoms with Crippen LogP contribution in [0.2, 0.25) is 0 Å². The number of hydrogen-bond donors (Lipinski definition) is 1. The zero-order valence-electron chi connectivity index (χ0n) is 16.2.